The van der Waals surface area contributed by atoms with Crippen molar-refractivity contribution in [1.29, 1.82) is 0 Å². The van der Waals surface area contributed by atoms with Gasteiger partial charge in [-0.3, -0.25) is 4.79 Å². The number of likely N-dealkylation sites (tertiary alicyclic amines) is 1. The molecule has 3 rings (SSSR count). The molecule has 0 atom stereocenters. The summed E-state index contributed by atoms with van der Waals surface area (Å²) in [5, 5.41) is 2.80. The van der Waals surface area contributed by atoms with Crippen LogP contribution in [0.25, 0.3) is 0 Å². The number of piperidine rings is 1. The molecule has 1 heterocycles. The zero-order chi connectivity index (χ0) is 21.3. The lowest BCUT2D eigenvalue weighted by Gasteiger charge is -2.31. The summed E-state index contributed by atoms with van der Waals surface area (Å²) in [6.07, 6.45) is 1.47. The van der Waals surface area contributed by atoms with Gasteiger partial charge in [-0.25, -0.2) is 9.59 Å². The highest BCUT2D eigenvalue weighted by molar-refractivity contribution is 6.01. The molecule has 0 bridgehead atoms. The maximum absolute atomic E-state index is 12.5. The topological polar surface area (TPSA) is 84.9 Å². The van der Waals surface area contributed by atoms with Crippen LogP contribution in [0, 0.1) is 5.92 Å². The van der Waals surface area contributed by atoms with Crippen LogP contribution in [-0.2, 0) is 20.9 Å². The number of anilines is 1. The van der Waals surface area contributed by atoms with Crippen molar-refractivity contribution in [2.45, 2.75) is 25.9 Å². The van der Waals surface area contributed by atoms with Crippen molar-refractivity contribution < 1.29 is 23.9 Å². The maximum atomic E-state index is 12.5. The van der Waals surface area contributed by atoms with E-state index < -0.39 is 5.97 Å². The van der Waals surface area contributed by atoms with Crippen molar-refractivity contribution in [3.8, 4) is 0 Å². The molecule has 1 saturated heterocycles. The Morgan fingerprint density at radius 3 is 2.37 bits per heavy atom. The molecule has 7 heteroatoms. The van der Waals surface area contributed by atoms with Crippen molar-refractivity contribution in [3.05, 3.63) is 65.7 Å². The molecule has 1 aliphatic heterocycles. The van der Waals surface area contributed by atoms with E-state index in [9.17, 15) is 14.4 Å². The number of para-hydroxylation sites is 1. The summed E-state index contributed by atoms with van der Waals surface area (Å²) in [5.74, 6) is -0.474. The predicted octanol–water partition coefficient (Wildman–Crippen LogP) is 3.85. The lowest BCUT2D eigenvalue weighted by molar-refractivity contribution is -0.117. The molecular weight excluding hydrogens is 384 g/mol. The van der Waals surface area contributed by atoms with Crippen molar-refractivity contribution >= 4 is 23.7 Å². The van der Waals surface area contributed by atoms with E-state index in [0.717, 1.165) is 18.4 Å². The molecule has 1 fully saturated rings. The van der Waals surface area contributed by atoms with Crippen LogP contribution in [0.3, 0.4) is 0 Å². The zero-order valence-corrected chi connectivity index (χ0v) is 17.0. The molecule has 0 unspecified atom stereocenters. The van der Waals surface area contributed by atoms with Gasteiger partial charge in [0.25, 0.3) is 0 Å². The minimum atomic E-state index is -0.492. The van der Waals surface area contributed by atoms with Gasteiger partial charge in [0.15, 0.2) is 0 Å². The number of methoxy groups -OCH3 is 1. The van der Waals surface area contributed by atoms with Crippen LogP contribution in [0.1, 0.15) is 35.2 Å². The minimum Gasteiger partial charge on any atom is -0.465 e. The molecule has 0 aliphatic carbocycles. The van der Waals surface area contributed by atoms with Gasteiger partial charge < -0.3 is 19.7 Å². The van der Waals surface area contributed by atoms with Crippen LogP contribution < -0.4 is 5.32 Å². The molecule has 30 heavy (non-hydrogen) atoms. The summed E-state index contributed by atoms with van der Waals surface area (Å²) in [6.45, 7) is 1.37. The number of rotatable bonds is 6. The highest BCUT2D eigenvalue weighted by Gasteiger charge is 2.25. The number of carbonyl (C=O) groups excluding carboxylic acids is 3. The maximum Gasteiger partial charge on any atom is 0.410 e. The van der Waals surface area contributed by atoms with E-state index in [1.54, 1.807) is 29.2 Å². The van der Waals surface area contributed by atoms with Gasteiger partial charge in [0, 0.05) is 19.5 Å². The smallest absolute Gasteiger partial charge is 0.410 e. The normalized spacial score (nSPS) is 14.1. The first-order chi connectivity index (χ1) is 14.6. The molecular formula is C23H26N2O5. The van der Waals surface area contributed by atoms with Crippen LogP contribution in [-0.4, -0.2) is 43.1 Å². The van der Waals surface area contributed by atoms with Crippen LogP contribution in [0.4, 0.5) is 10.5 Å². The largest absolute Gasteiger partial charge is 0.465 e. The number of nitrogens with zero attached hydrogens (tertiary/aromatic N) is 1. The van der Waals surface area contributed by atoms with Gasteiger partial charge in [-0.15, -0.1) is 0 Å². The van der Waals surface area contributed by atoms with E-state index in [4.69, 9.17) is 9.47 Å². The van der Waals surface area contributed by atoms with Crippen molar-refractivity contribution in [2.24, 2.45) is 5.92 Å². The van der Waals surface area contributed by atoms with Crippen molar-refractivity contribution in [1.82, 2.24) is 4.90 Å². The predicted molar refractivity (Wildman–Crippen MR) is 112 cm³/mol. The Kier molecular flexibility index (Phi) is 7.43. The standard InChI is InChI=1S/C23H26N2O5/c1-29-22(27)19-9-5-6-10-20(19)24-21(26)15-17-11-13-25(14-12-17)23(28)30-16-18-7-3-2-4-8-18/h2-10,17H,11-16H2,1H3,(H,24,26). The quantitative estimate of drug-likeness (QED) is 0.731. The Balaban J connectivity index is 1.44. The van der Waals surface area contributed by atoms with Crippen LogP contribution in [0.15, 0.2) is 54.6 Å². The third-order valence-electron chi connectivity index (χ3n) is 5.16. The number of amides is 2. The first-order valence-electron chi connectivity index (χ1n) is 9.99. The third kappa shape index (κ3) is 5.83. The summed E-state index contributed by atoms with van der Waals surface area (Å²) >= 11 is 0. The summed E-state index contributed by atoms with van der Waals surface area (Å²) < 4.78 is 10.1. The Morgan fingerprint density at radius 2 is 1.67 bits per heavy atom. The van der Waals surface area contributed by atoms with E-state index >= 15 is 0 Å². The zero-order valence-electron chi connectivity index (χ0n) is 17.0. The summed E-state index contributed by atoms with van der Waals surface area (Å²) in [4.78, 5) is 38.2. The fraction of sp³-hybridized carbons (Fsp3) is 0.348. The van der Waals surface area contributed by atoms with E-state index in [1.807, 2.05) is 30.3 Å². The van der Waals surface area contributed by atoms with Crippen LogP contribution in [0.2, 0.25) is 0 Å². The number of ether oxygens (including phenoxy) is 2. The molecule has 0 spiro atoms. The van der Waals surface area contributed by atoms with Gasteiger partial charge in [0.1, 0.15) is 6.61 Å². The van der Waals surface area contributed by atoms with Gasteiger partial charge in [0.05, 0.1) is 18.4 Å². The lowest BCUT2D eigenvalue weighted by atomic mass is 9.93. The van der Waals surface area contributed by atoms with Crippen LogP contribution in [0.5, 0.6) is 0 Å². The van der Waals surface area contributed by atoms with Crippen molar-refractivity contribution in [2.75, 3.05) is 25.5 Å². The second-order valence-corrected chi connectivity index (χ2v) is 7.26. The molecule has 7 nitrogen and oxygen atoms in total. The van der Waals surface area contributed by atoms with E-state index in [1.165, 1.54) is 7.11 Å². The second kappa shape index (κ2) is 10.4. The Labute approximate surface area is 176 Å². The number of carbonyl (C=O) groups is 3. The molecule has 0 aromatic heterocycles. The Hall–Kier alpha value is -3.35. The number of hydrogen-bond donors (Lipinski definition) is 1. The SMILES string of the molecule is COC(=O)c1ccccc1NC(=O)CC1CCN(C(=O)OCc2ccccc2)CC1. The number of hydrogen-bond acceptors (Lipinski definition) is 5. The van der Waals surface area contributed by atoms with Crippen molar-refractivity contribution in [3.63, 3.8) is 0 Å². The summed E-state index contributed by atoms with van der Waals surface area (Å²) in [5.41, 5.74) is 1.71. The third-order valence-corrected chi connectivity index (χ3v) is 5.16. The molecule has 2 amide bonds. The molecule has 2 aromatic carbocycles. The average molecular weight is 410 g/mol. The van der Waals surface area contributed by atoms with Crippen LogP contribution >= 0.6 is 0 Å². The lowest BCUT2D eigenvalue weighted by Crippen LogP contribution is -2.39. The average Bonchev–Trinajstić information content (AvgIpc) is 2.78. The fourth-order valence-electron chi connectivity index (χ4n) is 3.47. The fourth-order valence-corrected chi connectivity index (χ4v) is 3.47. The number of benzene rings is 2. The monoisotopic (exact) mass is 410 g/mol. The van der Waals surface area contributed by atoms with Gasteiger partial charge in [-0.1, -0.05) is 42.5 Å². The van der Waals surface area contributed by atoms with Gasteiger partial charge >= 0.3 is 12.1 Å². The number of esters is 1. The minimum absolute atomic E-state index is 0.156. The first kappa shape index (κ1) is 21.4. The highest BCUT2D eigenvalue weighted by Crippen LogP contribution is 2.23. The van der Waals surface area contributed by atoms with Gasteiger partial charge in [-0.2, -0.15) is 0 Å². The summed E-state index contributed by atoms with van der Waals surface area (Å²) in [6, 6.07) is 16.3. The van der Waals surface area contributed by atoms with E-state index in [-0.39, 0.29) is 24.5 Å². The van der Waals surface area contributed by atoms with E-state index in [0.29, 0.717) is 30.8 Å². The van der Waals surface area contributed by atoms with Gasteiger partial charge in [0.2, 0.25) is 5.91 Å². The molecule has 1 aliphatic rings. The molecule has 1 N–H and O–H groups in total. The molecule has 2 aromatic rings. The van der Waals surface area contributed by atoms with Gasteiger partial charge in [-0.05, 0) is 36.5 Å². The molecule has 158 valence electrons. The molecule has 0 radical (unpaired) electrons. The Bertz CT molecular complexity index is 876. The first-order valence-corrected chi connectivity index (χ1v) is 9.99. The van der Waals surface area contributed by atoms with E-state index in [2.05, 4.69) is 5.32 Å². The Morgan fingerprint density at radius 1 is 1.00 bits per heavy atom. The number of nitrogens with one attached hydrogen (secondary N) is 1. The summed E-state index contributed by atoms with van der Waals surface area (Å²) in [7, 11) is 1.31. The molecule has 0 saturated carbocycles. The highest BCUT2D eigenvalue weighted by atomic mass is 16.6. The second-order valence-electron chi connectivity index (χ2n) is 7.26.